The van der Waals surface area contributed by atoms with Gasteiger partial charge in [-0.1, -0.05) is 40.6 Å². The number of para-hydroxylation sites is 1. The molecule has 7 nitrogen and oxygen atoms in total. The number of nitrogens with zero attached hydrogens (tertiary/aromatic N) is 4. The standard InChI is InChI=1S/C27H28N4O3/c1-19-25(30-34-29-19)18-33-26-12-3-2-9-23(26)27(32)31-15-6-7-20(13-16-31)17-21-8-4-11-24-22(21)10-5-14-28-24/h2-5,8-12,14,20H,6-7,13,15-18H2,1H3. The summed E-state index contributed by atoms with van der Waals surface area (Å²) < 4.78 is 10.7. The summed E-state index contributed by atoms with van der Waals surface area (Å²) in [6, 6.07) is 17.9. The fourth-order valence-corrected chi connectivity index (χ4v) is 4.69. The van der Waals surface area contributed by atoms with Crippen LogP contribution in [0.25, 0.3) is 10.9 Å². The van der Waals surface area contributed by atoms with E-state index >= 15 is 0 Å². The SMILES string of the molecule is Cc1nonc1COc1ccccc1C(=O)N1CCCC(Cc2cccc3ncccc23)CC1. The normalized spacial score (nSPS) is 16.4. The first-order chi connectivity index (χ1) is 16.7. The minimum absolute atomic E-state index is 0.0145. The van der Waals surface area contributed by atoms with Crippen LogP contribution in [0.4, 0.5) is 0 Å². The Kier molecular flexibility index (Phi) is 6.51. The number of amides is 1. The zero-order valence-electron chi connectivity index (χ0n) is 19.3. The quantitative estimate of drug-likeness (QED) is 0.407. The minimum Gasteiger partial charge on any atom is -0.486 e. The van der Waals surface area contributed by atoms with E-state index in [-0.39, 0.29) is 12.5 Å². The number of ether oxygens (including phenoxy) is 1. The average Bonchev–Trinajstić information content (AvgIpc) is 3.14. The van der Waals surface area contributed by atoms with Gasteiger partial charge in [-0.15, -0.1) is 0 Å². The first kappa shape index (κ1) is 22.1. The van der Waals surface area contributed by atoms with Crippen LogP contribution in [0.5, 0.6) is 5.75 Å². The van der Waals surface area contributed by atoms with Crippen molar-refractivity contribution in [2.45, 2.75) is 39.2 Å². The van der Waals surface area contributed by atoms with Crippen LogP contribution in [0.3, 0.4) is 0 Å². The Morgan fingerprint density at radius 2 is 1.97 bits per heavy atom. The molecule has 1 aliphatic rings. The summed E-state index contributed by atoms with van der Waals surface area (Å²) in [4.78, 5) is 19.9. The van der Waals surface area contributed by atoms with Crippen molar-refractivity contribution in [2.24, 2.45) is 5.92 Å². The molecule has 2 aromatic carbocycles. The van der Waals surface area contributed by atoms with Gasteiger partial charge in [0.2, 0.25) is 0 Å². The number of carbonyl (C=O) groups excluding carboxylic acids is 1. The van der Waals surface area contributed by atoms with E-state index in [1.807, 2.05) is 48.4 Å². The molecule has 0 N–H and O–H groups in total. The van der Waals surface area contributed by atoms with E-state index in [0.717, 1.165) is 44.3 Å². The van der Waals surface area contributed by atoms with Crippen LogP contribution in [0.2, 0.25) is 0 Å². The second-order valence-corrected chi connectivity index (χ2v) is 8.86. The lowest BCUT2D eigenvalue weighted by molar-refractivity contribution is 0.0755. The van der Waals surface area contributed by atoms with Crippen molar-refractivity contribution in [3.8, 4) is 5.75 Å². The molecule has 1 unspecified atom stereocenters. The molecule has 1 fully saturated rings. The van der Waals surface area contributed by atoms with Crippen molar-refractivity contribution >= 4 is 16.8 Å². The van der Waals surface area contributed by atoms with Crippen LogP contribution in [-0.2, 0) is 13.0 Å². The molecule has 1 saturated heterocycles. The fraction of sp³-hybridized carbons (Fsp3) is 0.333. The Bertz CT molecular complexity index is 1280. The molecule has 174 valence electrons. The third-order valence-corrected chi connectivity index (χ3v) is 6.61. The summed E-state index contributed by atoms with van der Waals surface area (Å²) in [5.74, 6) is 1.11. The largest absolute Gasteiger partial charge is 0.486 e. The summed E-state index contributed by atoms with van der Waals surface area (Å²) in [5.41, 5.74) is 4.27. The van der Waals surface area contributed by atoms with Gasteiger partial charge < -0.3 is 9.64 Å². The maximum atomic E-state index is 13.4. The Morgan fingerprint density at radius 1 is 1.06 bits per heavy atom. The van der Waals surface area contributed by atoms with Gasteiger partial charge in [0, 0.05) is 24.7 Å². The van der Waals surface area contributed by atoms with E-state index < -0.39 is 0 Å². The van der Waals surface area contributed by atoms with Gasteiger partial charge >= 0.3 is 0 Å². The van der Waals surface area contributed by atoms with Gasteiger partial charge in [-0.05, 0) is 68.4 Å². The summed E-state index contributed by atoms with van der Waals surface area (Å²) in [6.45, 7) is 3.52. The summed E-state index contributed by atoms with van der Waals surface area (Å²) in [7, 11) is 0. The number of pyridine rings is 1. The number of carbonyl (C=O) groups is 1. The van der Waals surface area contributed by atoms with E-state index in [0.29, 0.717) is 28.6 Å². The van der Waals surface area contributed by atoms with E-state index in [2.05, 4.69) is 39.6 Å². The molecular weight excluding hydrogens is 428 g/mol. The molecule has 0 aliphatic carbocycles. The van der Waals surface area contributed by atoms with Gasteiger partial charge in [-0.2, -0.15) is 0 Å². The summed E-state index contributed by atoms with van der Waals surface area (Å²) in [5, 5.41) is 8.87. The van der Waals surface area contributed by atoms with Gasteiger partial charge in [-0.3, -0.25) is 9.78 Å². The molecule has 0 bridgehead atoms. The molecular formula is C27H28N4O3. The Balaban J connectivity index is 1.25. The van der Waals surface area contributed by atoms with E-state index in [4.69, 9.17) is 9.37 Å². The Hall–Kier alpha value is -3.74. The smallest absolute Gasteiger partial charge is 0.257 e. The number of benzene rings is 2. The highest BCUT2D eigenvalue weighted by atomic mass is 16.6. The van der Waals surface area contributed by atoms with Crippen molar-refractivity contribution in [3.05, 3.63) is 83.3 Å². The first-order valence-electron chi connectivity index (χ1n) is 11.8. The monoisotopic (exact) mass is 456 g/mol. The number of rotatable bonds is 6. The maximum Gasteiger partial charge on any atom is 0.257 e. The Morgan fingerprint density at radius 3 is 2.85 bits per heavy atom. The average molecular weight is 457 g/mol. The highest BCUT2D eigenvalue weighted by Crippen LogP contribution is 2.28. The molecule has 1 amide bonds. The van der Waals surface area contributed by atoms with E-state index in [9.17, 15) is 4.79 Å². The van der Waals surface area contributed by atoms with Crippen LogP contribution in [0, 0.1) is 12.8 Å². The first-order valence-corrected chi connectivity index (χ1v) is 11.8. The van der Waals surface area contributed by atoms with Gasteiger partial charge in [0.25, 0.3) is 5.91 Å². The van der Waals surface area contributed by atoms with Gasteiger partial charge in [0.05, 0.1) is 11.1 Å². The molecule has 1 aliphatic heterocycles. The van der Waals surface area contributed by atoms with Crippen molar-refractivity contribution in [1.82, 2.24) is 20.2 Å². The number of hydrogen-bond donors (Lipinski definition) is 0. The lowest BCUT2D eigenvalue weighted by Crippen LogP contribution is -2.32. The number of aromatic nitrogens is 3. The molecule has 5 rings (SSSR count). The third kappa shape index (κ3) is 4.78. The number of likely N-dealkylation sites (tertiary alicyclic amines) is 1. The number of fused-ring (bicyclic) bond motifs is 1. The molecule has 3 heterocycles. The van der Waals surface area contributed by atoms with Crippen molar-refractivity contribution < 1.29 is 14.2 Å². The predicted octanol–water partition coefficient (Wildman–Crippen LogP) is 4.99. The zero-order valence-corrected chi connectivity index (χ0v) is 19.3. The van der Waals surface area contributed by atoms with Crippen molar-refractivity contribution in [1.29, 1.82) is 0 Å². The van der Waals surface area contributed by atoms with Crippen LogP contribution >= 0.6 is 0 Å². The third-order valence-electron chi connectivity index (χ3n) is 6.61. The minimum atomic E-state index is 0.0145. The van der Waals surface area contributed by atoms with Gasteiger partial charge in [0.1, 0.15) is 23.7 Å². The summed E-state index contributed by atoms with van der Waals surface area (Å²) >= 11 is 0. The molecule has 0 spiro atoms. The lowest BCUT2D eigenvalue weighted by Gasteiger charge is -2.22. The van der Waals surface area contributed by atoms with Crippen LogP contribution < -0.4 is 4.74 Å². The molecule has 34 heavy (non-hydrogen) atoms. The number of hydrogen-bond acceptors (Lipinski definition) is 6. The number of aryl methyl sites for hydroxylation is 1. The van der Waals surface area contributed by atoms with Crippen molar-refractivity contribution in [2.75, 3.05) is 13.1 Å². The lowest BCUT2D eigenvalue weighted by atomic mass is 9.91. The van der Waals surface area contributed by atoms with E-state index in [1.54, 1.807) is 0 Å². The highest BCUT2D eigenvalue weighted by Gasteiger charge is 2.24. The summed E-state index contributed by atoms with van der Waals surface area (Å²) in [6.07, 6.45) is 5.93. The highest BCUT2D eigenvalue weighted by molar-refractivity contribution is 5.97. The fourth-order valence-electron chi connectivity index (χ4n) is 4.69. The van der Waals surface area contributed by atoms with Gasteiger partial charge in [-0.25, -0.2) is 4.63 Å². The molecule has 0 saturated carbocycles. The Labute approximate surface area is 198 Å². The maximum absolute atomic E-state index is 13.4. The molecule has 7 heteroatoms. The van der Waals surface area contributed by atoms with Crippen LogP contribution in [-0.4, -0.2) is 39.2 Å². The van der Waals surface area contributed by atoms with E-state index in [1.165, 1.54) is 10.9 Å². The molecule has 4 aromatic rings. The molecule has 0 radical (unpaired) electrons. The topological polar surface area (TPSA) is 81.3 Å². The second kappa shape index (κ2) is 10.0. The predicted molar refractivity (Wildman–Crippen MR) is 129 cm³/mol. The van der Waals surface area contributed by atoms with Crippen LogP contribution in [0.1, 0.15) is 46.6 Å². The van der Waals surface area contributed by atoms with Crippen molar-refractivity contribution in [3.63, 3.8) is 0 Å². The second-order valence-electron chi connectivity index (χ2n) is 8.86. The molecule has 2 aromatic heterocycles. The van der Waals surface area contributed by atoms with Gasteiger partial charge in [0.15, 0.2) is 0 Å². The molecule has 1 atom stereocenters. The van der Waals surface area contributed by atoms with Crippen LogP contribution in [0.15, 0.2) is 65.4 Å². The zero-order chi connectivity index (χ0) is 23.3.